The minimum absolute atomic E-state index is 0.0506. The molecule has 5 nitrogen and oxygen atoms in total. The average Bonchev–Trinajstić information content (AvgIpc) is 2.41. The van der Waals surface area contributed by atoms with Crippen LogP contribution < -0.4 is 4.74 Å². The highest BCUT2D eigenvalue weighted by Gasteiger charge is 2.11. The van der Waals surface area contributed by atoms with Crippen LogP contribution in [-0.4, -0.2) is 4.92 Å². The molecule has 0 saturated heterocycles. The fourth-order valence-electron chi connectivity index (χ4n) is 1.59. The van der Waals surface area contributed by atoms with Crippen molar-refractivity contribution in [1.29, 1.82) is 5.26 Å². The molecule has 0 atom stereocenters. The van der Waals surface area contributed by atoms with E-state index in [0.29, 0.717) is 17.1 Å². The van der Waals surface area contributed by atoms with Crippen LogP contribution in [0.3, 0.4) is 0 Å². The summed E-state index contributed by atoms with van der Waals surface area (Å²) in [7, 11) is 0. The number of hydrogen-bond donors (Lipinski definition) is 0. The summed E-state index contributed by atoms with van der Waals surface area (Å²) in [5, 5.41) is 19.8. The Morgan fingerprint density at radius 2 is 2.05 bits per heavy atom. The molecule has 0 aliphatic carbocycles. The molecule has 0 spiro atoms. The lowest BCUT2D eigenvalue weighted by Gasteiger charge is -2.09. The molecule has 20 heavy (non-hydrogen) atoms. The molecule has 0 aromatic heterocycles. The van der Waals surface area contributed by atoms with Crippen LogP contribution in [0.5, 0.6) is 11.5 Å². The number of nitrogens with zero attached hydrogens (tertiary/aromatic N) is 2. The molecule has 0 fully saturated rings. The van der Waals surface area contributed by atoms with Gasteiger partial charge in [0.05, 0.1) is 21.6 Å². The number of rotatable bonds is 3. The van der Waals surface area contributed by atoms with Crippen LogP contribution in [0.4, 0.5) is 5.69 Å². The van der Waals surface area contributed by atoms with Gasteiger partial charge in [-0.2, -0.15) is 5.26 Å². The molecule has 0 aliphatic heterocycles. The largest absolute Gasteiger partial charge is 0.457 e. The van der Waals surface area contributed by atoms with Gasteiger partial charge in [-0.3, -0.25) is 10.1 Å². The molecule has 0 radical (unpaired) electrons. The first kappa shape index (κ1) is 13.8. The second kappa shape index (κ2) is 5.59. The topological polar surface area (TPSA) is 76.2 Å². The molecule has 2 aromatic rings. The van der Waals surface area contributed by atoms with Crippen LogP contribution in [0.1, 0.15) is 11.1 Å². The van der Waals surface area contributed by atoms with Crippen molar-refractivity contribution in [3.05, 3.63) is 62.7 Å². The van der Waals surface area contributed by atoms with E-state index >= 15 is 0 Å². The van der Waals surface area contributed by atoms with Crippen LogP contribution in [0, 0.1) is 28.4 Å². The smallest absolute Gasteiger partial charge is 0.273 e. The number of aryl methyl sites for hydroxylation is 1. The molecule has 0 heterocycles. The molecule has 0 aliphatic rings. The van der Waals surface area contributed by atoms with Crippen LogP contribution in [-0.2, 0) is 0 Å². The second-order valence-electron chi connectivity index (χ2n) is 4.06. The lowest BCUT2D eigenvalue weighted by atomic mass is 10.2. The molecule has 0 saturated carbocycles. The van der Waals surface area contributed by atoms with Crippen molar-refractivity contribution >= 4 is 17.3 Å². The predicted octanol–water partition coefficient (Wildman–Crippen LogP) is 4.22. The summed E-state index contributed by atoms with van der Waals surface area (Å²) in [6.45, 7) is 1.78. The van der Waals surface area contributed by atoms with Crippen molar-refractivity contribution in [2.24, 2.45) is 0 Å². The second-order valence-corrected chi connectivity index (χ2v) is 4.47. The van der Waals surface area contributed by atoms with E-state index in [4.69, 9.17) is 21.6 Å². The van der Waals surface area contributed by atoms with Crippen LogP contribution in [0.25, 0.3) is 0 Å². The van der Waals surface area contributed by atoms with Crippen LogP contribution in [0.15, 0.2) is 36.4 Å². The van der Waals surface area contributed by atoms with Gasteiger partial charge in [0.15, 0.2) is 0 Å². The Labute approximate surface area is 120 Å². The number of benzene rings is 2. The highest BCUT2D eigenvalue weighted by molar-refractivity contribution is 6.31. The normalized spacial score (nSPS) is 9.85. The fraction of sp³-hybridized carbons (Fsp3) is 0.0714. The zero-order valence-corrected chi connectivity index (χ0v) is 11.2. The van der Waals surface area contributed by atoms with Gasteiger partial charge in [-0.1, -0.05) is 11.6 Å². The maximum Gasteiger partial charge on any atom is 0.273 e. The van der Waals surface area contributed by atoms with Gasteiger partial charge in [-0.25, -0.2) is 0 Å². The molecule has 0 N–H and O–H groups in total. The van der Waals surface area contributed by atoms with E-state index < -0.39 is 4.92 Å². The molecule has 0 amide bonds. The lowest BCUT2D eigenvalue weighted by molar-refractivity contribution is -0.384. The van der Waals surface area contributed by atoms with Gasteiger partial charge in [-0.15, -0.1) is 0 Å². The van der Waals surface area contributed by atoms with Gasteiger partial charge in [0.1, 0.15) is 17.6 Å². The number of nitro benzene ring substituents is 1. The number of nitriles is 1. The summed E-state index contributed by atoms with van der Waals surface area (Å²) >= 11 is 5.91. The van der Waals surface area contributed by atoms with Crippen molar-refractivity contribution in [2.75, 3.05) is 0 Å². The minimum atomic E-state index is -0.488. The first-order valence-corrected chi connectivity index (χ1v) is 6.01. The molecule has 0 unspecified atom stereocenters. The summed E-state index contributed by atoms with van der Waals surface area (Å²) in [4.78, 5) is 10.3. The van der Waals surface area contributed by atoms with Crippen molar-refractivity contribution in [3.8, 4) is 17.6 Å². The van der Waals surface area contributed by atoms with Crippen molar-refractivity contribution in [1.82, 2.24) is 0 Å². The number of hydrogen-bond acceptors (Lipinski definition) is 4. The summed E-state index contributed by atoms with van der Waals surface area (Å²) in [6.07, 6.45) is 0. The molecule has 100 valence electrons. The first-order valence-electron chi connectivity index (χ1n) is 5.64. The Morgan fingerprint density at radius 3 is 2.65 bits per heavy atom. The SMILES string of the molecule is Cc1ccc([N+](=O)[O-])cc1Oc1ccc(C#N)c(Cl)c1. The van der Waals surface area contributed by atoms with E-state index in [0.717, 1.165) is 5.56 Å². The fourth-order valence-corrected chi connectivity index (χ4v) is 1.80. The number of halogens is 1. The quantitative estimate of drug-likeness (QED) is 0.626. The monoisotopic (exact) mass is 288 g/mol. The van der Waals surface area contributed by atoms with Gasteiger partial charge >= 0.3 is 0 Å². The van der Waals surface area contributed by atoms with E-state index in [9.17, 15) is 10.1 Å². The average molecular weight is 289 g/mol. The Morgan fingerprint density at radius 1 is 1.30 bits per heavy atom. The van der Waals surface area contributed by atoms with Gasteiger partial charge in [0.25, 0.3) is 5.69 Å². The number of ether oxygens (including phenoxy) is 1. The summed E-state index contributed by atoms with van der Waals surface area (Å²) in [5.41, 5.74) is 1.05. The van der Waals surface area contributed by atoms with Crippen LogP contribution in [0.2, 0.25) is 5.02 Å². The molecule has 0 bridgehead atoms. The number of non-ortho nitro benzene ring substituents is 1. The maximum absolute atomic E-state index is 10.7. The highest BCUT2D eigenvalue weighted by Crippen LogP contribution is 2.31. The summed E-state index contributed by atoms with van der Waals surface area (Å²) in [5.74, 6) is 0.789. The van der Waals surface area contributed by atoms with Gasteiger partial charge in [0.2, 0.25) is 0 Å². The minimum Gasteiger partial charge on any atom is -0.457 e. The molecule has 2 rings (SSSR count). The maximum atomic E-state index is 10.7. The molecule has 6 heteroatoms. The first-order chi connectivity index (χ1) is 9.51. The van der Waals surface area contributed by atoms with E-state index in [-0.39, 0.29) is 10.7 Å². The predicted molar refractivity (Wildman–Crippen MR) is 74.1 cm³/mol. The van der Waals surface area contributed by atoms with Crippen molar-refractivity contribution < 1.29 is 9.66 Å². The zero-order chi connectivity index (χ0) is 14.7. The van der Waals surface area contributed by atoms with Gasteiger partial charge in [0, 0.05) is 12.1 Å². The Hall–Kier alpha value is -2.58. The van der Waals surface area contributed by atoms with Crippen LogP contribution >= 0.6 is 11.6 Å². The van der Waals surface area contributed by atoms with E-state index in [1.807, 2.05) is 6.07 Å². The molecular formula is C14H9ClN2O3. The molecule has 2 aromatic carbocycles. The lowest BCUT2D eigenvalue weighted by Crippen LogP contribution is -1.92. The Bertz CT molecular complexity index is 723. The summed E-state index contributed by atoms with van der Waals surface area (Å²) < 4.78 is 5.58. The van der Waals surface area contributed by atoms with Gasteiger partial charge < -0.3 is 4.74 Å². The highest BCUT2D eigenvalue weighted by atomic mass is 35.5. The van der Waals surface area contributed by atoms with E-state index in [1.54, 1.807) is 19.1 Å². The van der Waals surface area contributed by atoms with E-state index in [2.05, 4.69) is 0 Å². The standard InChI is InChI=1S/C14H9ClN2O3/c1-9-2-4-11(17(18)19)6-14(9)20-12-5-3-10(8-16)13(15)7-12/h2-7H,1H3. The Balaban J connectivity index is 2.35. The molecular weight excluding hydrogens is 280 g/mol. The third-order valence-electron chi connectivity index (χ3n) is 2.67. The summed E-state index contributed by atoms with van der Waals surface area (Å²) in [6, 6.07) is 10.9. The third kappa shape index (κ3) is 2.87. The third-order valence-corrected chi connectivity index (χ3v) is 2.98. The number of nitro groups is 1. The Kier molecular flexibility index (Phi) is 3.87. The van der Waals surface area contributed by atoms with Crippen molar-refractivity contribution in [3.63, 3.8) is 0 Å². The van der Waals surface area contributed by atoms with Gasteiger partial charge in [-0.05, 0) is 30.7 Å². The van der Waals surface area contributed by atoms with E-state index in [1.165, 1.54) is 24.3 Å². The zero-order valence-electron chi connectivity index (χ0n) is 10.5. The van der Waals surface area contributed by atoms with Crippen molar-refractivity contribution in [2.45, 2.75) is 6.92 Å².